The molecular formula is C56H102N3O15P. The van der Waals surface area contributed by atoms with Gasteiger partial charge in [-0.3, -0.25) is 38.1 Å². The minimum absolute atomic E-state index is 0.0459. The Morgan fingerprint density at radius 2 is 0.707 bits per heavy atom. The first-order chi connectivity index (χ1) is 36.1. The van der Waals surface area contributed by atoms with Gasteiger partial charge in [-0.25, -0.2) is 4.57 Å². The van der Waals surface area contributed by atoms with E-state index in [1.807, 2.05) is 4.90 Å². The van der Waals surface area contributed by atoms with E-state index < -0.39 is 25.6 Å². The van der Waals surface area contributed by atoms with Gasteiger partial charge in [0.1, 0.15) is 0 Å². The van der Waals surface area contributed by atoms with E-state index in [-0.39, 0.29) is 93.6 Å². The van der Waals surface area contributed by atoms with Crippen molar-refractivity contribution >= 4 is 49.4 Å². The summed E-state index contributed by atoms with van der Waals surface area (Å²) in [7, 11) is -4.53. The summed E-state index contributed by atoms with van der Waals surface area (Å²) < 4.78 is 30.5. The first kappa shape index (κ1) is 69.4. The van der Waals surface area contributed by atoms with Gasteiger partial charge in [0.05, 0.1) is 50.6 Å². The molecule has 3 aliphatic rings. The van der Waals surface area contributed by atoms with Crippen LogP contribution in [-0.2, 0) is 56.9 Å². The Labute approximate surface area is 451 Å². The first-order valence-corrected chi connectivity index (χ1v) is 30.8. The molecule has 0 spiro atoms. The van der Waals surface area contributed by atoms with E-state index in [0.29, 0.717) is 32.8 Å². The van der Waals surface area contributed by atoms with Crippen LogP contribution in [0.25, 0.3) is 0 Å². The molecule has 75 heavy (non-hydrogen) atoms. The molecule has 0 bridgehead atoms. The second-order valence-corrected chi connectivity index (χ2v) is 21.9. The van der Waals surface area contributed by atoms with E-state index in [1.165, 1.54) is 119 Å². The van der Waals surface area contributed by atoms with Crippen LogP contribution >= 0.6 is 7.82 Å². The Morgan fingerprint density at radius 3 is 1.01 bits per heavy atom. The van der Waals surface area contributed by atoms with Crippen LogP contribution in [0.3, 0.4) is 0 Å². The first-order valence-electron chi connectivity index (χ1n) is 29.3. The number of hydrogen-bond donors (Lipinski definition) is 3. The Balaban J connectivity index is 0.000000587. The highest BCUT2D eigenvalue weighted by atomic mass is 31.2. The molecule has 3 atom stereocenters. The molecule has 0 aromatic carbocycles. The van der Waals surface area contributed by atoms with Crippen LogP contribution in [0.4, 0.5) is 0 Å². The Bertz CT molecular complexity index is 1630. The summed E-state index contributed by atoms with van der Waals surface area (Å²) in [5, 5.41) is 8.59. The van der Waals surface area contributed by atoms with E-state index in [9.17, 15) is 38.1 Å². The lowest BCUT2D eigenvalue weighted by Gasteiger charge is -2.16. The van der Waals surface area contributed by atoms with E-state index in [4.69, 9.17) is 29.1 Å². The number of phosphoric acid groups is 1. The van der Waals surface area contributed by atoms with E-state index in [1.54, 1.807) is 0 Å². The summed E-state index contributed by atoms with van der Waals surface area (Å²) in [5.41, 5.74) is 0. The van der Waals surface area contributed by atoms with Gasteiger partial charge in [-0.2, -0.15) is 0 Å². The average molecular weight is 1090 g/mol. The summed E-state index contributed by atoms with van der Waals surface area (Å²) in [6.07, 6.45) is 34.8. The molecule has 3 amide bonds. The second-order valence-electron chi connectivity index (χ2n) is 20.7. The van der Waals surface area contributed by atoms with Crippen LogP contribution < -0.4 is 0 Å². The zero-order chi connectivity index (χ0) is 55.5. The molecule has 3 N–H and O–H groups in total. The number of unbranched alkanes of at least 4 members (excludes halogenated alkanes) is 24. The number of carbonyl (C=O) groups is 7. The lowest BCUT2D eigenvalue weighted by molar-refractivity contribution is -0.149. The maximum Gasteiger partial charge on any atom is 0.469 e. The fraction of sp³-hybridized carbons (Fsp3) is 0.875. The van der Waals surface area contributed by atoms with Crippen molar-refractivity contribution in [3.8, 4) is 0 Å². The van der Waals surface area contributed by atoms with Crippen molar-refractivity contribution in [2.75, 3.05) is 65.7 Å². The van der Waals surface area contributed by atoms with Crippen molar-refractivity contribution in [2.24, 2.45) is 17.8 Å². The van der Waals surface area contributed by atoms with Crippen molar-refractivity contribution in [3.63, 3.8) is 0 Å². The zero-order valence-electron chi connectivity index (χ0n) is 47.0. The lowest BCUT2D eigenvalue weighted by Crippen LogP contribution is -2.30. The van der Waals surface area contributed by atoms with Gasteiger partial charge in [-0.05, 0) is 25.7 Å². The predicted octanol–water partition coefficient (Wildman–Crippen LogP) is 10.7. The number of likely N-dealkylation sites (tertiary alicyclic amines) is 3. The van der Waals surface area contributed by atoms with Gasteiger partial charge in [0.25, 0.3) is 0 Å². The van der Waals surface area contributed by atoms with Crippen LogP contribution in [0.1, 0.15) is 233 Å². The number of ether oxygens (including phenoxy) is 3. The second kappa shape index (κ2) is 44.4. The number of carboxylic acids is 1. The summed E-state index contributed by atoms with van der Waals surface area (Å²) in [5.74, 6) is -3.31. The van der Waals surface area contributed by atoms with E-state index in [0.717, 1.165) is 77.2 Å². The van der Waals surface area contributed by atoms with Crippen molar-refractivity contribution in [1.82, 2.24) is 14.7 Å². The van der Waals surface area contributed by atoms with E-state index in [2.05, 4.69) is 32.2 Å². The van der Waals surface area contributed by atoms with Gasteiger partial charge in [0, 0.05) is 58.5 Å². The molecule has 0 aliphatic carbocycles. The van der Waals surface area contributed by atoms with Crippen LogP contribution in [-0.4, -0.2) is 137 Å². The van der Waals surface area contributed by atoms with Crippen molar-refractivity contribution in [3.05, 3.63) is 0 Å². The van der Waals surface area contributed by atoms with Gasteiger partial charge in [0.2, 0.25) is 17.7 Å². The zero-order valence-corrected chi connectivity index (χ0v) is 47.9. The molecule has 3 fully saturated rings. The number of amides is 3. The lowest BCUT2D eigenvalue weighted by atomic mass is 10.0. The molecule has 3 saturated heterocycles. The molecular weight excluding hydrogens is 986 g/mol. The normalized spacial score (nSPS) is 17.4. The van der Waals surface area contributed by atoms with Gasteiger partial charge in [-0.15, -0.1) is 0 Å². The van der Waals surface area contributed by atoms with Gasteiger partial charge >= 0.3 is 31.7 Å². The molecule has 436 valence electrons. The molecule has 19 heteroatoms. The molecule has 0 radical (unpaired) electrons. The third-order valence-corrected chi connectivity index (χ3v) is 14.4. The minimum Gasteiger partial charge on any atom is -0.481 e. The summed E-state index contributed by atoms with van der Waals surface area (Å²) >= 11 is 0. The van der Waals surface area contributed by atoms with Crippen LogP contribution in [0.5, 0.6) is 0 Å². The third-order valence-electron chi connectivity index (χ3n) is 13.9. The Morgan fingerprint density at radius 1 is 0.427 bits per heavy atom. The Hall–Kier alpha value is -3.60. The molecule has 0 aromatic heterocycles. The topological polar surface area (TPSA) is 244 Å². The predicted molar refractivity (Wildman–Crippen MR) is 289 cm³/mol. The van der Waals surface area contributed by atoms with Crippen molar-refractivity contribution < 1.29 is 71.8 Å². The SMILES string of the molecule is CCCCCCCCCCCCCCCCCCN1CC(C(=O)OCCCCCC)CC1=O.CCCCCCOC(=O)C1CC(=O)N(CCC(=O)O)C1.CCCCCCOC(=O)C1CC(=O)N(CCOP(=O)(O)O)C1. The van der Waals surface area contributed by atoms with Crippen LogP contribution in [0, 0.1) is 17.8 Å². The highest BCUT2D eigenvalue weighted by molar-refractivity contribution is 7.46. The number of rotatable bonds is 42. The van der Waals surface area contributed by atoms with Crippen LogP contribution in [0.15, 0.2) is 0 Å². The van der Waals surface area contributed by atoms with Crippen LogP contribution in [0.2, 0.25) is 0 Å². The van der Waals surface area contributed by atoms with Crippen molar-refractivity contribution in [1.29, 1.82) is 0 Å². The summed E-state index contributed by atoms with van der Waals surface area (Å²) in [6, 6.07) is 0. The standard InChI is InChI=1S/C29H55NO3.C14H23NO5.C13H24NO7P/c1-3-5-7-9-10-11-12-13-14-15-16-17-18-19-20-21-23-30-26-27(25-28(30)31)29(32)33-24-22-8-6-4-2;1-2-3-4-5-8-20-14(19)11-9-12(16)15(10-11)7-6-13(17)18;1-2-3-4-5-7-20-13(16)11-9-12(15)14(10-11)6-8-21-22(17,18)19/h27H,3-26H2,1-2H3;11H,2-10H2,1H3,(H,17,18);11H,2-10H2,1H3,(H2,17,18,19). The molecule has 3 unspecified atom stereocenters. The number of carbonyl (C=O) groups excluding carboxylic acids is 6. The number of nitrogens with zero attached hydrogens (tertiary/aromatic N) is 3. The number of carboxylic acid groups (broad SMARTS) is 1. The van der Waals surface area contributed by atoms with Crippen molar-refractivity contribution in [2.45, 2.75) is 233 Å². The maximum absolute atomic E-state index is 12.2. The largest absolute Gasteiger partial charge is 0.481 e. The average Bonchev–Trinajstić information content (AvgIpc) is 4.07. The minimum atomic E-state index is -4.53. The smallest absolute Gasteiger partial charge is 0.469 e. The molecule has 0 saturated carbocycles. The number of phosphoric ester groups is 1. The van der Waals surface area contributed by atoms with E-state index >= 15 is 0 Å². The molecule has 3 rings (SSSR count). The monoisotopic (exact) mass is 1090 g/mol. The molecule has 18 nitrogen and oxygen atoms in total. The van der Waals surface area contributed by atoms with Gasteiger partial charge < -0.3 is 43.8 Å². The molecule has 3 heterocycles. The van der Waals surface area contributed by atoms with Gasteiger partial charge in [-0.1, -0.05) is 182 Å². The Kier molecular flexibility index (Phi) is 41.1. The summed E-state index contributed by atoms with van der Waals surface area (Å²) in [6.45, 7) is 11.7. The highest BCUT2D eigenvalue weighted by Crippen LogP contribution is 2.35. The number of hydrogen-bond acceptors (Lipinski definition) is 12. The quantitative estimate of drug-likeness (QED) is 0.0223. The third kappa shape index (κ3) is 36.2. The fourth-order valence-electron chi connectivity index (χ4n) is 9.25. The van der Waals surface area contributed by atoms with Gasteiger partial charge in [0.15, 0.2) is 0 Å². The number of aliphatic carboxylic acids is 1. The fourth-order valence-corrected chi connectivity index (χ4v) is 9.57. The summed E-state index contributed by atoms with van der Waals surface area (Å²) in [4.78, 5) is 104. The molecule has 0 aromatic rings. The number of esters is 3. The molecule has 3 aliphatic heterocycles. The maximum atomic E-state index is 12.2. The highest BCUT2D eigenvalue weighted by Gasteiger charge is 2.37.